The Hall–Kier alpha value is -2.20. The number of methoxy groups -OCH3 is 1. The van der Waals surface area contributed by atoms with Crippen LogP contribution in [0.3, 0.4) is 0 Å². The zero-order valence-corrected chi connectivity index (χ0v) is 11.3. The summed E-state index contributed by atoms with van der Waals surface area (Å²) in [6, 6.07) is 11.5. The van der Waals surface area contributed by atoms with Gasteiger partial charge in [0.1, 0.15) is 0 Å². The molecule has 0 bridgehead atoms. The van der Waals surface area contributed by atoms with Gasteiger partial charge in [-0.3, -0.25) is 9.78 Å². The van der Waals surface area contributed by atoms with Gasteiger partial charge in [0.25, 0.3) is 5.91 Å². The van der Waals surface area contributed by atoms with Crippen LogP contribution in [0.5, 0.6) is 0 Å². The maximum absolute atomic E-state index is 12.6. The third kappa shape index (κ3) is 2.18. The highest BCUT2D eigenvalue weighted by Gasteiger charge is 2.28. The van der Waals surface area contributed by atoms with E-state index in [-0.39, 0.29) is 12.0 Å². The van der Waals surface area contributed by atoms with Crippen LogP contribution >= 0.6 is 0 Å². The number of rotatable bonds is 2. The molecule has 4 nitrogen and oxygen atoms in total. The minimum absolute atomic E-state index is 0.0138. The van der Waals surface area contributed by atoms with Crippen molar-refractivity contribution in [2.24, 2.45) is 0 Å². The Labute approximate surface area is 118 Å². The molecule has 1 aromatic carbocycles. The van der Waals surface area contributed by atoms with Crippen molar-refractivity contribution < 1.29 is 9.53 Å². The molecule has 0 radical (unpaired) electrons. The molecule has 0 spiro atoms. The molecule has 2 aromatic rings. The van der Waals surface area contributed by atoms with Crippen molar-refractivity contribution in [1.82, 2.24) is 4.98 Å². The molecule has 0 N–H and O–H groups in total. The topological polar surface area (TPSA) is 42.4 Å². The summed E-state index contributed by atoms with van der Waals surface area (Å²) < 4.78 is 5.50. The molecule has 20 heavy (non-hydrogen) atoms. The summed E-state index contributed by atoms with van der Waals surface area (Å²) in [5.74, 6) is -0.0138. The van der Waals surface area contributed by atoms with Gasteiger partial charge in [-0.2, -0.15) is 0 Å². The quantitative estimate of drug-likeness (QED) is 0.841. The van der Waals surface area contributed by atoms with Crippen LogP contribution in [0.25, 0.3) is 0 Å². The third-order valence-electron chi connectivity index (χ3n) is 3.63. The minimum Gasteiger partial charge on any atom is -0.377 e. The van der Waals surface area contributed by atoms with Crippen LogP contribution in [0.1, 0.15) is 28.4 Å². The first-order valence-corrected chi connectivity index (χ1v) is 6.65. The molecule has 1 aliphatic rings. The lowest BCUT2D eigenvalue weighted by atomic mass is 9.98. The number of carbonyl (C=O) groups is 1. The number of hydrogen-bond donors (Lipinski definition) is 0. The fraction of sp³-hybridized carbons (Fsp3) is 0.250. The van der Waals surface area contributed by atoms with E-state index in [0.29, 0.717) is 12.1 Å². The maximum Gasteiger partial charge on any atom is 0.259 e. The molecule has 1 unspecified atom stereocenters. The summed E-state index contributed by atoms with van der Waals surface area (Å²) in [6.45, 7) is 0.656. The number of benzene rings is 1. The Morgan fingerprint density at radius 3 is 2.90 bits per heavy atom. The Morgan fingerprint density at radius 2 is 2.15 bits per heavy atom. The van der Waals surface area contributed by atoms with Crippen LogP contribution in [0, 0.1) is 0 Å². The molecular weight excluding hydrogens is 252 g/mol. The predicted octanol–water partition coefficient (Wildman–Crippen LogP) is 2.82. The molecule has 1 aromatic heterocycles. The van der Waals surface area contributed by atoms with Crippen molar-refractivity contribution in [2.45, 2.75) is 12.5 Å². The zero-order chi connectivity index (χ0) is 13.9. The third-order valence-corrected chi connectivity index (χ3v) is 3.63. The average molecular weight is 268 g/mol. The van der Waals surface area contributed by atoms with Crippen LogP contribution in [-0.2, 0) is 4.74 Å². The number of para-hydroxylation sites is 1. The molecule has 0 fully saturated rings. The van der Waals surface area contributed by atoms with Gasteiger partial charge in [-0.05, 0) is 24.6 Å². The van der Waals surface area contributed by atoms with Crippen LogP contribution in [0.4, 0.5) is 5.69 Å². The molecule has 3 rings (SSSR count). The standard InChI is InChI=1S/C16H16N2O2/c1-20-15-8-10-18(14-7-3-2-6-13(14)15)16(19)12-5-4-9-17-11-12/h2-7,9,11,15H,8,10H2,1H3. The van der Waals surface area contributed by atoms with Gasteiger partial charge in [0.15, 0.2) is 0 Å². The first-order chi connectivity index (χ1) is 9.81. The summed E-state index contributed by atoms with van der Waals surface area (Å²) in [7, 11) is 1.71. The molecule has 1 amide bonds. The van der Waals surface area contributed by atoms with Crippen LogP contribution in [-0.4, -0.2) is 24.5 Å². The van der Waals surface area contributed by atoms with Crippen molar-refractivity contribution in [2.75, 3.05) is 18.6 Å². The van der Waals surface area contributed by atoms with Gasteiger partial charge >= 0.3 is 0 Å². The summed E-state index contributed by atoms with van der Waals surface area (Å²) in [5, 5.41) is 0. The summed E-state index contributed by atoms with van der Waals surface area (Å²) in [4.78, 5) is 18.4. The first-order valence-electron chi connectivity index (χ1n) is 6.65. The molecule has 1 aliphatic heterocycles. The number of amides is 1. The average Bonchev–Trinajstić information content (AvgIpc) is 2.54. The van der Waals surface area contributed by atoms with Gasteiger partial charge in [0, 0.05) is 37.3 Å². The van der Waals surface area contributed by atoms with Crippen molar-refractivity contribution in [3.63, 3.8) is 0 Å². The largest absolute Gasteiger partial charge is 0.377 e. The Bertz CT molecular complexity index is 613. The van der Waals surface area contributed by atoms with E-state index in [1.165, 1.54) is 0 Å². The van der Waals surface area contributed by atoms with E-state index in [0.717, 1.165) is 17.7 Å². The van der Waals surface area contributed by atoms with Gasteiger partial charge in [-0.15, -0.1) is 0 Å². The van der Waals surface area contributed by atoms with E-state index in [1.807, 2.05) is 29.2 Å². The number of fused-ring (bicyclic) bond motifs is 1. The Morgan fingerprint density at radius 1 is 1.30 bits per heavy atom. The molecule has 0 saturated carbocycles. The number of pyridine rings is 1. The SMILES string of the molecule is COC1CCN(C(=O)c2cccnc2)c2ccccc21. The highest BCUT2D eigenvalue weighted by Crippen LogP contribution is 2.36. The number of hydrogen-bond acceptors (Lipinski definition) is 3. The Kier molecular flexibility index (Phi) is 3.48. The van der Waals surface area contributed by atoms with Crippen LogP contribution < -0.4 is 4.90 Å². The van der Waals surface area contributed by atoms with E-state index >= 15 is 0 Å². The zero-order valence-electron chi connectivity index (χ0n) is 11.3. The molecule has 0 saturated heterocycles. The van der Waals surface area contributed by atoms with Crippen molar-refractivity contribution in [1.29, 1.82) is 0 Å². The van der Waals surface area contributed by atoms with Crippen LogP contribution in [0.2, 0.25) is 0 Å². The van der Waals surface area contributed by atoms with Crippen LogP contribution in [0.15, 0.2) is 48.8 Å². The van der Waals surface area contributed by atoms with E-state index in [9.17, 15) is 4.79 Å². The van der Waals surface area contributed by atoms with Gasteiger partial charge < -0.3 is 9.64 Å². The normalized spacial score (nSPS) is 17.6. The van der Waals surface area contributed by atoms with Gasteiger partial charge in [0.05, 0.1) is 11.7 Å². The number of carbonyl (C=O) groups excluding carboxylic acids is 1. The monoisotopic (exact) mass is 268 g/mol. The Balaban J connectivity index is 1.98. The lowest BCUT2D eigenvalue weighted by Gasteiger charge is -2.33. The smallest absolute Gasteiger partial charge is 0.259 e. The fourth-order valence-corrected chi connectivity index (χ4v) is 2.63. The second kappa shape index (κ2) is 5.43. The second-order valence-corrected chi connectivity index (χ2v) is 4.77. The van der Waals surface area contributed by atoms with E-state index in [1.54, 1.807) is 31.6 Å². The molecule has 2 heterocycles. The lowest BCUT2D eigenvalue weighted by molar-refractivity contribution is 0.0868. The summed E-state index contributed by atoms with van der Waals surface area (Å²) in [5.41, 5.74) is 2.61. The molecule has 102 valence electrons. The van der Waals surface area contributed by atoms with E-state index < -0.39 is 0 Å². The number of anilines is 1. The first kappa shape index (κ1) is 12.8. The van der Waals surface area contributed by atoms with Crippen molar-refractivity contribution >= 4 is 11.6 Å². The van der Waals surface area contributed by atoms with Crippen molar-refractivity contribution in [3.05, 3.63) is 59.9 Å². The molecular formula is C16H16N2O2. The molecule has 4 heteroatoms. The van der Waals surface area contributed by atoms with E-state index in [4.69, 9.17) is 4.74 Å². The second-order valence-electron chi connectivity index (χ2n) is 4.77. The number of ether oxygens (including phenoxy) is 1. The summed E-state index contributed by atoms with van der Waals surface area (Å²) >= 11 is 0. The van der Waals surface area contributed by atoms with Crippen molar-refractivity contribution in [3.8, 4) is 0 Å². The highest BCUT2D eigenvalue weighted by molar-refractivity contribution is 6.06. The maximum atomic E-state index is 12.6. The van der Waals surface area contributed by atoms with Gasteiger partial charge in [-0.1, -0.05) is 18.2 Å². The van der Waals surface area contributed by atoms with Gasteiger partial charge in [-0.25, -0.2) is 0 Å². The minimum atomic E-state index is -0.0138. The van der Waals surface area contributed by atoms with Gasteiger partial charge in [0.2, 0.25) is 0 Å². The molecule has 0 aliphatic carbocycles. The fourth-order valence-electron chi connectivity index (χ4n) is 2.63. The predicted molar refractivity (Wildman–Crippen MR) is 76.7 cm³/mol. The number of aromatic nitrogens is 1. The highest BCUT2D eigenvalue weighted by atomic mass is 16.5. The number of nitrogens with zero attached hydrogens (tertiary/aromatic N) is 2. The van der Waals surface area contributed by atoms with E-state index in [2.05, 4.69) is 4.98 Å². The summed E-state index contributed by atoms with van der Waals surface area (Å²) in [6.07, 6.45) is 4.14. The molecule has 1 atom stereocenters. The lowest BCUT2D eigenvalue weighted by Crippen LogP contribution is -2.37.